The zero-order valence-electron chi connectivity index (χ0n) is 10.5. The van der Waals surface area contributed by atoms with Crippen LogP contribution < -0.4 is 0 Å². The third-order valence-corrected chi connectivity index (χ3v) is 3.95. The van der Waals surface area contributed by atoms with E-state index in [1.165, 1.54) is 45.2 Å². The minimum Gasteiger partial charge on any atom is -0.305 e. The number of nitrogens with zero attached hydrogens (tertiary/aromatic N) is 1. The van der Waals surface area contributed by atoms with Crippen molar-refractivity contribution in [3.05, 3.63) is 0 Å². The fourth-order valence-electron chi connectivity index (χ4n) is 3.11. The molecule has 1 spiro atoms. The molecule has 1 heterocycles. The standard InChI is InChI=1S/C11H21N.C2H6/c1-3-10-4-6-11(7-5-10)8-12(2)9-11;1-2/h10H,3-9H2,1-2H3;1-2H3. The molecule has 0 atom stereocenters. The maximum atomic E-state index is 2.46. The van der Waals surface area contributed by atoms with E-state index < -0.39 is 0 Å². The Morgan fingerprint density at radius 2 is 1.64 bits per heavy atom. The van der Waals surface area contributed by atoms with Crippen LogP contribution in [0.2, 0.25) is 0 Å². The lowest BCUT2D eigenvalue weighted by Gasteiger charge is -2.52. The lowest BCUT2D eigenvalue weighted by Crippen LogP contribution is -2.55. The summed E-state index contributed by atoms with van der Waals surface area (Å²) in [6.45, 7) is 9.10. The Balaban J connectivity index is 0.000000461. The van der Waals surface area contributed by atoms with Crippen LogP contribution in [0.4, 0.5) is 0 Å². The molecule has 0 N–H and O–H groups in total. The first-order valence-electron chi connectivity index (χ1n) is 6.43. The first-order chi connectivity index (χ1) is 6.74. The maximum Gasteiger partial charge on any atom is 0.00474 e. The fraction of sp³-hybridized carbons (Fsp3) is 1.00. The molecule has 0 amide bonds. The molecular weight excluding hydrogens is 170 g/mol. The van der Waals surface area contributed by atoms with Gasteiger partial charge in [0.25, 0.3) is 0 Å². The number of rotatable bonds is 1. The first-order valence-corrected chi connectivity index (χ1v) is 6.43. The number of likely N-dealkylation sites (tertiary alicyclic amines) is 1. The average Bonchev–Trinajstić information content (AvgIpc) is 2.20. The summed E-state index contributed by atoms with van der Waals surface area (Å²) in [6, 6.07) is 0. The van der Waals surface area contributed by atoms with Crippen molar-refractivity contribution in [2.75, 3.05) is 20.1 Å². The van der Waals surface area contributed by atoms with Gasteiger partial charge in [-0.05, 0) is 44.1 Å². The van der Waals surface area contributed by atoms with Crippen molar-refractivity contribution in [3.63, 3.8) is 0 Å². The highest BCUT2D eigenvalue weighted by Crippen LogP contribution is 2.45. The van der Waals surface area contributed by atoms with E-state index in [2.05, 4.69) is 18.9 Å². The van der Waals surface area contributed by atoms with Gasteiger partial charge in [-0.3, -0.25) is 0 Å². The van der Waals surface area contributed by atoms with Crippen LogP contribution in [-0.2, 0) is 0 Å². The molecule has 0 aromatic rings. The molecule has 1 aliphatic carbocycles. The summed E-state index contributed by atoms with van der Waals surface area (Å²) >= 11 is 0. The molecule has 1 saturated carbocycles. The Labute approximate surface area is 89.9 Å². The average molecular weight is 197 g/mol. The van der Waals surface area contributed by atoms with E-state index in [0.29, 0.717) is 0 Å². The van der Waals surface area contributed by atoms with Gasteiger partial charge in [0.2, 0.25) is 0 Å². The fourth-order valence-corrected chi connectivity index (χ4v) is 3.11. The Morgan fingerprint density at radius 3 is 2.00 bits per heavy atom. The van der Waals surface area contributed by atoms with Crippen LogP contribution in [0.3, 0.4) is 0 Å². The molecule has 0 aromatic heterocycles. The van der Waals surface area contributed by atoms with E-state index in [9.17, 15) is 0 Å². The lowest BCUT2D eigenvalue weighted by molar-refractivity contribution is -0.0214. The molecule has 0 radical (unpaired) electrons. The molecular formula is C13H27N. The third kappa shape index (κ3) is 2.50. The summed E-state index contributed by atoms with van der Waals surface area (Å²) in [7, 11) is 2.25. The van der Waals surface area contributed by atoms with Gasteiger partial charge in [-0.15, -0.1) is 0 Å². The number of hydrogen-bond acceptors (Lipinski definition) is 1. The third-order valence-electron chi connectivity index (χ3n) is 3.95. The predicted octanol–water partition coefficient (Wildman–Crippen LogP) is 3.54. The minimum atomic E-state index is 0.778. The van der Waals surface area contributed by atoms with E-state index in [1.807, 2.05) is 13.8 Å². The number of hydrogen-bond donors (Lipinski definition) is 0. The van der Waals surface area contributed by atoms with Crippen LogP contribution in [0, 0.1) is 11.3 Å². The van der Waals surface area contributed by atoms with Crippen LogP contribution in [0.1, 0.15) is 52.9 Å². The molecule has 1 heteroatoms. The zero-order valence-corrected chi connectivity index (χ0v) is 10.5. The van der Waals surface area contributed by atoms with E-state index in [4.69, 9.17) is 0 Å². The topological polar surface area (TPSA) is 3.24 Å². The molecule has 2 fully saturated rings. The zero-order chi connectivity index (χ0) is 10.6. The molecule has 0 unspecified atom stereocenters. The van der Waals surface area contributed by atoms with Gasteiger partial charge in [0, 0.05) is 13.1 Å². The highest BCUT2D eigenvalue weighted by Gasteiger charge is 2.42. The molecule has 1 saturated heterocycles. The molecule has 1 aliphatic heterocycles. The lowest BCUT2D eigenvalue weighted by atomic mass is 9.66. The van der Waals surface area contributed by atoms with Crippen molar-refractivity contribution in [1.82, 2.24) is 4.90 Å². The summed E-state index contributed by atoms with van der Waals surface area (Å²) in [4.78, 5) is 2.46. The molecule has 14 heavy (non-hydrogen) atoms. The van der Waals surface area contributed by atoms with Gasteiger partial charge in [0.1, 0.15) is 0 Å². The SMILES string of the molecule is CC.CCC1CCC2(CC1)CN(C)C2. The molecule has 0 bridgehead atoms. The van der Waals surface area contributed by atoms with Crippen molar-refractivity contribution >= 4 is 0 Å². The van der Waals surface area contributed by atoms with Crippen molar-refractivity contribution in [1.29, 1.82) is 0 Å². The second kappa shape index (κ2) is 5.16. The normalized spacial score (nSPS) is 26.6. The van der Waals surface area contributed by atoms with Crippen molar-refractivity contribution in [2.24, 2.45) is 11.3 Å². The molecule has 1 nitrogen and oxygen atoms in total. The van der Waals surface area contributed by atoms with Crippen molar-refractivity contribution in [2.45, 2.75) is 52.9 Å². The summed E-state index contributed by atoms with van der Waals surface area (Å²) in [5, 5.41) is 0. The van der Waals surface area contributed by atoms with Crippen LogP contribution in [0.5, 0.6) is 0 Å². The molecule has 2 rings (SSSR count). The van der Waals surface area contributed by atoms with E-state index in [1.54, 1.807) is 0 Å². The van der Waals surface area contributed by atoms with Crippen LogP contribution in [0.25, 0.3) is 0 Å². The van der Waals surface area contributed by atoms with Crippen LogP contribution in [0.15, 0.2) is 0 Å². The summed E-state index contributed by atoms with van der Waals surface area (Å²) in [5.74, 6) is 1.06. The van der Waals surface area contributed by atoms with Gasteiger partial charge in [-0.2, -0.15) is 0 Å². The summed E-state index contributed by atoms with van der Waals surface area (Å²) in [5.41, 5.74) is 0.778. The smallest absolute Gasteiger partial charge is 0.00474 e. The summed E-state index contributed by atoms with van der Waals surface area (Å²) in [6.07, 6.45) is 7.44. The van der Waals surface area contributed by atoms with Gasteiger partial charge in [-0.25, -0.2) is 0 Å². The van der Waals surface area contributed by atoms with Crippen LogP contribution in [-0.4, -0.2) is 25.0 Å². The second-order valence-corrected chi connectivity index (χ2v) is 5.02. The largest absolute Gasteiger partial charge is 0.305 e. The predicted molar refractivity (Wildman–Crippen MR) is 63.5 cm³/mol. The first kappa shape index (κ1) is 12.0. The van der Waals surface area contributed by atoms with E-state index in [-0.39, 0.29) is 0 Å². The molecule has 2 aliphatic rings. The maximum absolute atomic E-state index is 2.46. The molecule has 0 aromatic carbocycles. The Kier molecular flexibility index (Phi) is 4.43. The van der Waals surface area contributed by atoms with Crippen molar-refractivity contribution < 1.29 is 0 Å². The highest BCUT2D eigenvalue weighted by atomic mass is 15.2. The van der Waals surface area contributed by atoms with Gasteiger partial charge in [0.15, 0.2) is 0 Å². The Hall–Kier alpha value is -0.0400. The highest BCUT2D eigenvalue weighted by molar-refractivity contribution is 4.96. The monoisotopic (exact) mass is 197 g/mol. The second-order valence-electron chi connectivity index (χ2n) is 5.02. The summed E-state index contributed by atoms with van der Waals surface area (Å²) < 4.78 is 0. The van der Waals surface area contributed by atoms with Crippen molar-refractivity contribution in [3.8, 4) is 0 Å². The molecule has 84 valence electrons. The van der Waals surface area contributed by atoms with Gasteiger partial charge in [0.05, 0.1) is 0 Å². The quantitative estimate of drug-likeness (QED) is 0.621. The van der Waals surface area contributed by atoms with E-state index >= 15 is 0 Å². The van der Waals surface area contributed by atoms with Crippen LogP contribution >= 0.6 is 0 Å². The van der Waals surface area contributed by atoms with Gasteiger partial charge >= 0.3 is 0 Å². The Bertz CT molecular complexity index is 149. The van der Waals surface area contributed by atoms with Gasteiger partial charge in [-0.1, -0.05) is 27.2 Å². The minimum absolute atomic E-state index is 0.778. The van der Waals surface area contributed by atoms with Gasteiger partial charge < -0.3 is 4.90 Å². The van der Waals surface area contributed by atoms with E-state index in [0.717, 1.165) is 11.3 Å². The Morgan fingerprint density at radius 1 is 1.14 bits per heavy atom.